The Kier molecular flexibility index (Phi) is 13.5. The van der Waals surface area contributed by atoms with Crippen LogP contribution in [0.15, 0.2) is 22.5 Å². The van der Waals surface area contributed by atoms with Crippen LogP contribution in [0.2, 0.25) is 0 Å². The molecule has 3 rings (SSSR count). The van der Waals surface area contributed by atoms with Crippen molar-refractivity contribution >= 4 is 39.6 Å². The lowest BCUT2D eigenvalue weighted by Gasteiger charge is -2.34. The Hall–Kier alpha value is -2.92. The summed E-state index contributed by atoms with van der Waals surface area (Å²) in [7, 11) is -1.75. The number of piperidine rings is 1. The van der Waals surface area contributed by atoms with E-state index in [0.29, 0.717) is 19.4 Å². The highest BCUT2D eigenvalue weighted by molar-refractivity contribution is 7.92. The van der Waals surface area contributed by atoms with E-state index in [0.717, 1.165) is 66.7 Å². The lowest BCUT2D eigenvalue weighted by molar-refractivity contribution is -0.124. The third kappa shape index (κ3) is 11.4. The SMILES string of the molecule is CNc1cc(C)c(C=CS(=O)(=O)N2CCC3(CC2)N=C(CCCCCCCCCCCNC(=O)OC(C)(C)C)NC3=O)c(C)c1. The van der Waals surface area contributed by atoms with E-state index in [4.69, 9.17) is 9.73 Å². The van der Waals surface area contributed by atoms with Gasteiger partial charge in [-0.1, -0.05) is 44.9 Å². The maximum absolute atomic E-state index is 13.1. The number of hydrogen-bond acceptors (Lipinski definition) is 7. The molecule has 2 heterocycles. The van der Waals surface area contributed by atoms with Crippen LogP contribution < -0.4 is 16.0 Å². The standard InChI is InChI=1S/C34H55N5O5S/c1-26-24-28(35-6)25-27(2)29(26)17-23-45(42,43)39-21-18-34(19-22-39)31(40)37-30(38-34)16-14-12-10-8-7-9-11-13-15-20-36-32(41)44-33(3,4)5/h17,23-25,35H,7-16,18-22H2,1-6H3,(H,36,41)(H,37,38,40). The van der Waals surface area contributed by atoms with Crippen LogP contribution in [0.5, 0.6) is 0 Å². The molecule has 1 spiro atoms. The molecule has 45 heavy (non-hydrogen) atoms. The molecule has 3 N–H and O–H groups in total. The highest BCUT2D eigenvalue weighted by atomic mass is 32.2. The van der Waals surface area contributed by atoms with Gasteiger partial charge in [-0.05, 0) is 95.2 Å². The van der Waals surface area contributed by atoms with E-state index in [2.05, 4.69) is 16.0 Å². The molecule has 0 unspecified atom stereocenters. The van der Waals surface area contributed by atoms with Gasteiger partial charge < -0.3 is 20.7 Å². The number of carbonyl (C=O) groups is 2. The average Bonchev–Trinajstić information content (AvgIpc) is 3.25. The third-order valence-electron chi connectivity index (χ3n) is 8.49. The molecule has 0 atom stereocenters. The Bertz CT molecular complexity index is 1300. The zero-order valence-corrected chi connectivity index (χ0v) is 29.1. The van der Waals surface area contributed by atoms with Gasteiger partial charge in [0, 0.05) is 44.2 Å². The largest absolute Gasteiger partial charge is 0.444 e. The van der Waals surface area contributed by atoms with Crippen molar-refractivity contribution in [2.24, 2.45) is 4.99 Å². The van der Waals surface area contributed by atoms with Gasteiger partial charge in [-0.15, -0.1) is 0 Å². The second-order valence-electron chi connectivity index (χ2n) is 13.4. The lowest BCUT2D eigenvalue weighted by atomic mass is 9.89. The Labute approximate surface area is 270 Å². The lowest BCUT2D eigenvalue weighted by Crippen LogP contribution is -2.50. The fraction of sp³-hybridized carbons (Fsp3) is 0.676. The van der Waals surface area contributed by atoms with Crippen LogP contribution in [-0.4, -0.2) is 68.4 Å². The molecule has 1 aromatic rings. The van der Waals surface area contributed by atoms with Crippen LogP contribution in [-0.2, 0) is 19.6 Å². The smallest absolute Gasteiger partial charge is 0.407 e. The summed E-state index contributed by atoms with van der Waals surface area (Å²) in [5.41, 5.74) is 2.60. The van der Waals surface area contributed by atoms with Crippen LogP contribution in [0.3, 0.4) is 0 Å². The van der Waals surface area contributed by atoms with Crippen molar-refractivity contribution in [3.8, 4) is 0 Å². The van der Waals surface area contributed by atoms with Crippen molar-refractivity contribution in [3.63, 3.8) is 0 Å². The van der Waals surface area contributed by atoms with Gasteiger partial charge in [-0.3, -0.25) is 9.79 Å². The van der Waals surface area contributed by atoms with Crippen molar-refractivity contribution in [1.29, 1.82) is 0 Å². The Morgan fingerprint density at radius 2 is 1.56 bits per heavy atom. The van der Waals surface area contributed by atoms with Gasteiger partial charge in [0.25, 0.3) is 5.91 Å². The van der Waals surface area contributed by atoms with Gasteiger partial charge in [0.1, 0.15) is 17.0 Å². The number of amidine groups is 1. The van der Waals surface area contributed by atoms with Gasteiger partial charge in [0.15, 0.2) is 0 Å². The predicted octanol–water partition coefficient (Wildman–Crippen LogP) is 6.43. The summed E-state index contributed by atoms with van der Waals surface area (Å²) in [6, 6.07) is 4.00. The molecular formula is C34H55N5O5S. The molecule has 10 nitrogen and oxygen atoms in total. The second-order valence-corrected chi connectivity index (χ2v) is 15.2. The summed E-state index contributed by atoms with van der Waals surface area (Å²) >= 11 is 0. The molecular weight excluding hydrogens is 590 g/mol. The summed E-state index contributed by atoms with van der Waals surface area (Å²) in [4.78, 5) is 29.3. The number of unbranched alkanes of at least 4 members (excludes halogenated alkanes) is 8. The molecule has 0 radical (unpaired) electrons. The zero-order valence-electron chi connectivity index (χ0n) is 28.3. The van der Waals surface area contributed by atoms with Crippen molar-refractivity contribution in [1.82, 2.24) is 14.9 Å². The summed E-state index contributed by atoms with van der Waals surface area (Å²) in [5.74, 6) is 0.648. The topological polar surface area (TPSA) is 129 Å². The molecule has 1 aromatic carbocycles. The number of nitrogens with one attached hydrogen (secondary N) is 3. The predicted molar refractivity (Wildman–Crippen MR) is 183 cm³/mol. The molecule has 252 valence electrons. The van der Waals surface area contributed by atoms with Crippen molar-refractivity contribution in [2.75, 3.05) is 32.0 Å². The van der Waals surface area contributed by atoms with E-state index in [-0.39, 0.29) is 25.1 Å². The number of anilines is 1. The minimum absolute atomic E-state index is 0.0951. The monoisotopic (exact) mass is 645 g/mol. The van der Waals surface area contributed by atoms with Crippen molar-refractivity contribution < 1.29 is 22.7 Å². The number of benzene rings is 1. The number of nitrogens with zero attached hydrogens (tertiary/aromatic N) is 2. The van der Waals surface area contributed by atoms with Crippen LogP contribution in [0.1, 0.15) is 115 Å². The van der Waals surface area contributed by atoms with Gasteiger partial charge in [0.05, 0.1) is 0 Å². The number of sulfonamides is 1. The maximum atomic E-state index is 13.1. The van der Waals surface area contributed by atoms with Crippen molar-refractivity contribution in [2.45, 2.75) is 123 Å². The number of aliphatic imine (C=N–C) groups is 1. The molecule has 0 bridgehead atoms. The van der Waals surface area contributed by atoms with E-state index in [1.54, 1.807) is 6.08 Å². The Morgan fingerprint density at radius 3 is 2.11 bits per heavy atom. The van der Waals surface area contributed by atoms with Crippen LogP contribution in [0.25, 0.3) is 6.08 Å². The van der Waals surface area contributed by atoms with Gasteiger partial charge in [-0.25, -0.2) is 13.2 Å². The molecule has 1 saturated heterocycles. The fourth-order valence-corrected chi connectivity index (χ4v) is 7.11. The quantitative estimate of drug-likeness (QED) is 0.178. The zero-order chi connectivity index (χ0) is 33.1. The van der Waals surface area contributed by atoms with Crippen LogP contribution in [0, 0.1) is 13.8 Å². The first kappa shape index (κ1) is 36.5. The van der Waals surface area contributed by atoms with E-state index in [9.17, 15) is 18.0 Å². The molecule has 11 heteroatoms. The van der Waals surface area contributed by atoms with Crippen molar-refractivity contribution in [3.05, 3.63) is 34.2 Å². The highest BCUT2D eigenvalue weighted by Gasteiger charge is 2.46. The third-order valence-corrected chi connectivity index (χ3v) is 10.1. The number of alkyl carbamates (subject to hydrolysis) is 1. The summed E-state index contributed by atoms with van der Waals surface area (Å²) in [5, 5.41) is 10.2. The average molecular weight is 646 g/mol. The number of aryl methyl sites for hydroxylation is 2. The summed E-state index contributed by atoms with van der Waals surface area (Å²) < 4.78 is 32.9. The van der Waals surface area contributed by atoms with Gasteiger partial charge in [0.2, 0.25) is 10.0 Å². The van der Waals surface area contributed by atoms with E-state index >= 15 is 0 Å². The Balaban J connectivity index is 1.31. The summed E-state index contributed by atoms with van der Waals surface area (Å²) in [6.45, 7) is 10.7. The number of carbonyl (C=O) groups excluding carboxylic acids is 2. The fourth-order valence-electron chi connectivity index (χ4n) is 5.93. The molecule has 0 aromatic heterocycles. The number of amides is 2. The number of hydrogen-bond donors (Lipinski definition) is 3. The van der Waals surface area contributed by atoms with Gasteiger partial charge >= 0.3 is 6.09 Å². The first-order valence-electron chi connectivity index (χ1n) is 16.6. The minimum Gasteiger partial charge on any atom is -0.444 e. The number of rotatable bonds is 16. The second kappa shape index (κ2) is 16.6. The van der Waals surface area contributed by atoms with E-state index in [1.165, 1.54) is 35.4 Å². The highest BCUT2D eigenvalue weighted by Crippen LogP contribution is 2.32. The molecule has 0 aliphatic carbocycles. The van der Waals surface area contributed by atoms with Crippen LogP contribution in [0.4, 0.5) is 10.5 Å². The minimum atomic E-state index is -3.61. The van der Waals surface area contributed by atoms with E-state index < -0.39 is 21.2 Å². The normalized spacial score (nSPS) is 17.0. The molecule has 2 aliphatic heterocycles. The maximum Gasteiger partial charge on any atom is 0.407 e. The molecule has 2 aliphatic rings. The molecule has 1 fully saturated rings. The number of ether oxygens (including phenoxy) is 1. The van der Waals surface area contributed by atoms with E-state index in [1.807, 2.05) is 53.8 Å². The molecule has 0 saturated carbocycles. The summed E-state index contributed by atoms with van der Waals surface area (Å²) in [6.07, 6.45) is 12.9. The first-order valence-corrected chi connectivity index (χ1v) is 18.1. The Morgan fingerprint density at radius 1 is 1.00 bits per heavy atom. The first-order chi connectivity index (χ1) is 21.2. The molecule has 2 amide bonds. The van der Waals surface area contributed by atoms with Gasteiger partial charge in [-0.2, -0.15) is 4.31 Å². The van der Waals surface area contributed by atoms with Crippen LogP contribution >= 0.6 is 0 Å².